The molecular formula is C24H17N7. The summed E-state index contributed by atoms with van der Waals surface area (Å²) in [4.78, 5) is 17.0. The average molecular weight is 403 g/mol. The van der Waals surface area contributed by atoms with Gasteiger partial charge in [0.2, 0.25) is 0 Å². The number of hydrogen-bond donors (Lipinski definition) is 3. The molecule has 0 radical (unpaired) electrons. The molecule has 1 aromatic carbocycles. The van der Waals surface area contributed by atoms with Crippen molar-refractivity contribution in [3.05, 3.63) is 79.3 Å². The quantitative estimate of drug-likeness (QED) is 0.393. The number of rotatable bonds is 3. The van der Waals surface area contributed by atoms with Gasteiger partial charge in [0, 0.05) is 40.6 Å². The van der Waals surface area contributed by atoms with Gasteiger partial charge in [0.1, 0.15) is 11.2 Å². The van der Waals surface area contributed by atoms with Gasteiger partial charge in [-0.25, -0.2) is 4.98 Å². The average Bonchev–Trinajstić information content (AvgIpc) is 3.43. The molecule has 0 unspecified atom stereocenters. The summed E-state index contributed by atoms with van der Waals surface area (Å²) in [5.41, 5.74) is 14.5. The maximum Gasteiger partial charge on any atom is 0.135 e. The van der Waals surface area contributed by atoms with Gasteiger partial charge in [0.25, 0.3) is 0 Å². The van der Waals surface area contributed by atoms with Crippen LogP contribution in [0, 0.1) is 0 Å². The van der Waals surface area contributed by atoms with Crippen LogP contribution < -0.4 is 5.73 Å². The van der Waals surface area contributed by atoms with Crippen LogP contribution >= 0.6 is 0 Å². The zero-order chi connectivity index (χ0) is 20.8. The minimum atomic E-state index is 0.601. The lowest BCUT2D eigenvalue weighted by atomic mass is 10.1. The normalized spacial score (nSPS) is 11.4. The lowest BCUT2D eigenvalue weighted by Crippen LogP contribution is -1.90. The number of pyridine rings is 3. The fourth-order valence-corrected chi connectivity index (χ4v) is 3.87. The van der Waals surface area contributed by atoms with Crippen LogP contribution in [0.5, 0.6) is 0 Å². The molecule has 5 heterocycles. The highest BCUT2D eigenvalue weighted by Gasteiger charge is 2.15. The van der Waals surface area contributed by atoms with Crippen LogP contribution in [-0.4, -0.2) is 30.1 Å². The summed E-state index contributed by atoms with van der Waals surface area (Å²) >= 11 is 0. The predicted octanol–water partition coefficient (Wildman–Crippen LogP) is 4.81. The summed E-state index contributed by atoms with van der Waals surface area (Å²) in [6, 6.07) is 20.0. The molecule has 0 atom stereocenters. The van der Waals surface area contributed by atoms with Gasteiger partial charge in [-0.2, -0.15) is 5.10 Å². The number of fused-ring (bicyclic) bond motifs is 2. The summed E-state index contributed by atoms with van der Waals surface area (Å²) in [6.45, 7) is 0. The lowest BCUT2D eigenvalue weighted by Gasteiger charge is -2.02. The van der Waals surface area contributed by atoms with E-state index in [1.54, 1.807) is 18.6 Å². The van der Waals surface area contributed by atoms with Crippen molar-refractivity contribution < 1.29 is 0 Å². The number of aromatic amines is 2. The molecule has 31 heavy (non-hydrogen) atoms. The van der Waals surface area contributed by atoms with Crippen molar-refractivity contribution in [3.63, 3.8) is 0 Å². The lowest BCUT2D eigenvalue weighted by molar-refractivity contribution is 1.12. The molecule has 6 rings (SSSR count). The maximum atomic E-state index is 5.90. The zero-order valence-corrected chi connectivity index (χ0v) is 16.4. The van der Waals surface area contributed by atoms with E-state index in [2.05, 4.69) is 43.3 Å². The fraction of sp³-hybridized carbons (Fsp3) is 0. The van der Waals surface area contributed by atoms with Crippen LogP contribution in [-0.2, 0) is 0 Å². The first-order chi connectivity index (χ1) is 15.3. The largest absolute Gasteiger partial charge is 0.397 e. The Labute approximate surface area is 177 Å². The predicted molar refractivity (Wildman–Crippen MR) is 122 cm³/mol. The molecule has 4 N–H and O–H groups in total. The Morgan fingerprint density at radius 3 is 2.68 bits per heavy atom. The fourth-order valence-electron chi connectivity index (χ4n) is 3.87. The Bertz CT molecular complexity index is 1550. The van der Waals surface area contributed by atoms with E-state index in [0.717, 1.165) is 55.8 Å². The number of nitrogens with one attached hydrogen (secondary N) is 2. The van der Waals surface area contributed by atoms with E-state index in [9.17, 15) is 0 Å². The molecule has 0 aliphatic heterocycles. The Hall–Kier alpha value is -4.52. The van der Waals surface area contributed by atoms with Gasteiger partial charge in [-0.15, -0.1) is 0 Å². The number of benzene rings is 1. The highest BCUT2D eigenvalue weighted by Crippen LogP contribution is 2.33. The van der Waals surface area contributed by atoms with Crippen LogP contribution in [0.2, 0.25) is 0 Å². The van der Waals surface area contributed by atoms with E-state index in [-0.39, 0.29) is 0 Å². The minimum Gasteiger partial charge on any atom is -0.397 e. The van der Waals surface area contributed by atoms with Gasteiger partial charge in [0.05, 0.1) is 28.3 Å². The second-order valence-electron chi connectivity index (χ2n) is 7.34. The van der Waals surface area contributed by atoms with Crippen molar-refractivity contribution in [1.29, 1.82) is 0 Å². The Morgan fingerprint density at radius 1 is 0.839 bits per heavy atom. The van der Waals surface area contributed by atoms with Gasteiger partial charge in [0.15, 0.2) is 0 Å². The Balaban J connectivity index is 1.51. The molecule has 0 saturated heterocycles. The minimum absolute atomic E-state index is 0.601. The second-order valence-corrected chi connectivity index (χ2v) is 7.34. The van der Waals surface area contributed by atoms with Gasteiger partial charge in [-0.05, 0) is 42.5 Å². The van der Waals surface area contributed by atoms with Gasteiger partial charge >= 0.3 is 0 Å². The standard InChI is InChI=1S/C24H17N7/c25-15-10-14(12-26-13-15)18-7-8-21-23(29-18)24(31-30-21)22-11-17-16(4-3-6-20(17)28-22)19-5-1-2-9-27-19/h1-13,28H,25H2,(H,30,31). The summed E-state index contributed by atoms with van der Waals surface area (Å²) in [7, 11) is 0. The van der Waals surface area contributed by atoms with E-state index in [4.69, 9.17) is 10.7 Å². The molecule has 6 aromatic rings. The number of aromatic nitrogens is 6. The zero-order valence-electron chi connectivity index (χ0n) is 16.4. The first-order valence-corrected chi connectivity index (χ1v) is 9.86. The van der Waals surface area contributed by atoms with Crippen LogP contribution in [0.4, 0.5) is 5.69 Å². The second kappa shape index (κ2) is 6.77. The molecule has 5 aromatic heterocycles. The van der Waals surface area contributed by atoms with Crippen molar-refractivity contribution in [2.75, 3.05) is 5.73 Å². The van der Waals surface area contributed by atoms with Crippen molar-refractivity contribution in [2.24, 2.45) is 0 Å². The van der Waals surface area contributed by atoms with E-state index in [1.165, 1.54) is 0 Å². The molecule has 0 saturated carbocycles. The molecule has 148 valence electrons. The summed E-state index contributed by atoms with van der Waals surface area (Å²) in [5.74, 6) is 0. The van der Waals surface area contributed by atoms with Crippen LogP contribution in [0.25, 0.3) is 55.8 Å². The molecule has 0 aliphatic rings. The topological polar surface area (TPSA) is 109 Å². The number of nitrogens with two attached hydrogens (primary N) is 1. The van der Waals surface area contributed by atoms with Crippen LogP contribution in [0.3, 0.4) is 0 Å². The van der Waals surface area contributed by atoms with E-state index < -0.39 is 0 Å². The van der Waals surface area contributed by atoms with E-state index >= 15 is 0 Å². The third-order valence-electron chi connectivity index (χ3n) is 5.32. The highest BCUT2D eigenvalue weighted by molar-refractivity contribution is 6.00. The third-order valence-corrected chi connectivity index (χ3v) is 5.32. The third kappa shape index (κ3) is 2.91. The summed E-state index contributed by atoms with van der Waals surface area (Å²) in [6.07, 6.45) is 5.18. The van der Waals surface area contributed by atoms with Crippen molar-refractivity contribution in [2.45, 2.75) is 0 Å². The SMILES string of the molecule is Nc1cncc(-c2ccc3[nH]nc(-c4cc5c(-c6ccccn6)cccc5[nH]4)c3n2)c1. The number of anilines is 1. The van der Waals surface area contributed by atoms with Crippen molar-refractivity contribution in [1.82, 2.24) is 30.1 Å². The molecule has 0 fully saturated rings. The van der Waals surface area contributed by atoms with Gasteiger partial charge in [-0.1, -0.05) is 18.2 Å². The molecule has 0 amide bonds. The molecule has 0 aliphatic carbocycles. The van der Waals surface area contributed by atoms with Crippen LogP contribution in [0.1, 0.15) is 0 Å². The first kappa shape index (κ1) is 17.3. The summed E-state index contributed by atoms with van der Waals surface area (Å²) < 4.78 is 0. The summed E-state index contributed by atoms with van der Waals surface area (Å²) in [5, 5.41) is 8.71. The molecule has 7 heteroatoms. The van der Waals surface area contributed by atoms with Crippen LogP contribution in [0.15, 0.2) is 79.3 Å². The number of nitrogens with zero attached hydrogens (tertiary/aromatic N) is 4. The Kier molecular flexibility index (Phi) is 3.79. The number of hydrogen-bond acceptors (Lipinski definition) is 5. The molecule has 7 nitrogen and oxygen atoms in total. The molecular weight excluding hydrogens is 386 g/mol. The highest BCUT2D eigenvalue weighted by atomic mass is 15.1. The van der Waals surface area contributed by atoms with Crippen molar-refractivity contribution in [3.8, 4) is 33.9 Å². The van der Waals surface area contributed by atoms with Gasteiger partial charge < -0.3 is 10.7 Å². The smallest absolute Gasteiger partial charge is 0.135 e. The molecule has 0 spiro atoms. The van der Waals surface area contributed by atoms with E-state index in [0.29, 0.717) is 5.69 Å². The van der Waals surface area contributed by atoms with Crippen molar-refractivity contribution >= 4 is 27.6 Å². The maximum absolute atomic E-state index is 5.90. The monoisotopic (exact) mass is 403 g/mol. The number of H-pyrrole nitrogens is 2. The van der Waals surface area contributed by atoms with Gasteiger partial charge in [-0.3, -0.25) is 15.1 Å². The number of nitrogen functional groups attached to an aromatic ring is 1. The molecule has 0 bridgehead atoms. The van der Waals surface area contributed by atoms with E-state index in [1.807, 2.05) is 42.5 Å². The first-order valence-electron chi connectivity index (χ1n) is 9.86. The Morgan fingerprint density at radius 2 is 1.81 bits per heavy atom.